The first-order valence-corrected chi connectivity index (χ1v) is 9.92. The summed E-state index contributed by atoms with van der Waals surface area (Å²) in [6.45, 7) is 13.3. The van der Waals surface area contributed by atoms with Crippen LogP contribution in [0, 0.1) is 13.8 Å². The number of carbonyl (C=O) groups excluding carboxylic acids is 1. The van der Waals surface area contributed by atoms with Gasteiger partial charge in [0.2, 0.25) is 5.91 Å². The Bertz CT molecular complexity index is 752. The average Bonchev–Trinajstić information content (AvgIpc) is 2.61. The number of para-hydroxylation sites is 1. The summed E-state index contributed by atoms with van der Waals surface area (Å²) in [5.74, 6) is 1.69. The second-order valence-electron chi connectivity index (χ2n) is 7.89. The molecule has 0 unspecified atom stereocenters. The van der Waals surface area contributed by atoms with Crippen LogP contribution < -0.4 is 10.1 Å². The molecule has 1 N–H and O–H groups in total. The first-order chi connectivity index (χ1) is 12.8. The molecule has 0 saturated heterocycles. The topological polar surface area (TPSA) is 38.3 Å². The molecule has 0 aliphatic heterocycles. The number of anilines is 1. The van der Waals surface area contributed by atoms with Crippen molar-refractivity contribution in [3.8, 4) is 5.75 Å². The molecule has 3 heteroatoms. The normalized spacial score (nSPS) is 11.1. The molecule has 2 rings (SSSR count). The highest BCUT2D eigenvalue weighted by Gasteiger charge is 2.15. The Balaban J connectivity index is 1.95. The SMILES string of the molecule is Cc1ccc(C)c(OCCCC(=O)Nc2c(C(C)C)cccc2C(C)C)c1. The summed E-state index contributed by atoms with van der Waals surface area (Å²) in [6.07, 6.45) is 1.15. The lowest BCUT2D eigenvalue weighted by molar-refractivity contribution is -0.116. The van der Waals surface area contributed by atoms with Crippen molar-refractivity contribution < 1.29 is 9.53 Å². The summed E-state index contributed by atoms with van der Waals surface area (Å²) in [5, 5.41) is 3.17. The number of nitrogens with one attached hydrogen (secondary N) is 1. The number of benzene rings is 2. The van der Waals surface area contributed by atoms with Gasteiger partial charge in [-0.3, -0.25) is 4.79 Å². The molecule has 0 aromatic heterocycles. The minimum Gasteiger partial charge on any atom is -0.493 e. The van der Waals surface area contributed by atoms with Gasteiger partial charge in [-0.25, -0.2) is 0 Å². The fourth-order valence-electron chi connectivity index (χ4n) is 3.17. The molecule has 3 nitrogen and oxygen atoms in total. The summed E-state index contributed by atoms with van der Waals surface area (Å²) >= 11 is 0. The van der Waals surface area contributed by atoms with E-state index in [2.05, 4.69) is 70.3 Å². The maximum Gasteiger partial charge on any atom is 0.224 e. The molecule has 0 saturated carbocycles. The van der Waals surface area contributed by atoms with E-state index in [0.29, 0.717) is 31.3 Å². The molecule has 0 heterocycles. The van der Waals surface area contributed by atoms with E-state index < -0.39 is 0 Å². The number of rotatable bonds is 8. The highest BCUT2D eigenvalue weighted by Crippen LogP contribution is 2.32. The number of hydrogen-bond donors (Lipinski definition) is 1. The van der Waals surface area contributed by atoms with Crippen LogP contribution in [0.3, 0.4) is 0 Å². The van der Waals surface area contributed by atoms with Crippen LogP contribution in [-0.4, -0.2) is 12.5 Å². The molecule has 2 aromatic carbocycles. The Morgan fingerprint density at radius 2 is 1.63 bits per heavy atom. The first-order valence-electron chi connectivity index (χ1n) is 9.92. The zero-order chi connectivity index (χ0) is 20.0. The minimum atomic E-state index is 0.0505. The van der Waals surface area contributed by atoms with Gasteiger partial charge in [-0.2, -0.15) is 0 Å². The van der Waals surface area contributed by atoms with Crippen LogP contribution in [0.1, 0.15) is 74.6 Å². The fourth-order valence-corrected chi connectivity index (χ4v) is 3.17. The van der Waals surface area contributed by atoms with E-state index in [9.17, 15) is 4.79 Å². The standard InChI is InChI=1S/C24H33NO2/c1-16(2)20-9-7-10-21(17(3)4)24(20)25-23(26)11-8-14-27-22-15-18(5)12-13-19(22)6/h7,9-10,12-13,15-17H,8,11,14H2,1-6H3,(H,25,26). The molecule has 0 atom stereocenters. The highest BCUT2D eigenvalue weighted by molar-refractivity contribution is 5.92. The third-order valence-corrected chi connectivity index (χ3v) is 4.79. The van der Waals surface area contributed by atoms with E-state index in [-0.39, 0.29) is 5.91 Å². The number of hydrogen-bond acceptors (Lipinski definition) is 2. The van der Waals surface area contributed by atoms with E-state index in [1.807, 2.05) is 13.0 Å². The van der Waals surface area contributed by atoms with Gasteiger partial charge >= 0.3 is 0 Å². The maximum absolute atomic E-state index is 12.5. The van der Waals surface area contributed by atoms with Gasteiger partial charge in [0.15, 0.2) is 0 Å². The first kappa shape index (κ1) is 21.0. The van der Waals surface area contributed by atoms with Crippen molar-refractivity contribution in [3.63, 3.8) is 0 Å². The van der Waals surface area contributed by atoms with Gasteiger partial charge in [-0.05, 0) is 60.4 Å². The van der Waals surface area contributed by atoms with Crippen LogP contribution in [0.2, 0.25) is 0 Å². The molecule has 0 aliphatic rings. The maximum atomic E-state index is 12.5. The van der Waals surface area contributed by atoms with Gasteiger partial charge in [0.1, 0.15) is 5.75 Å². The molecule has 2 aromatic rings. The van der Waals surface area contributed by atoms with E-state index in [4.69, 9.17) is 4.74 Å². The van der Waals surface area contributed by atoms with Crippen LogP contribution in [0.4, 0.5) is 5.69 Å². The zero-order valence-electron chi connectivity index (χ0n) is 17.6. The number of carbonyl (C=O) groups is 1. The van der Waals surface area contributed by atoms with Gasteiger partial charge < -0.3 is 10.1 Å². The summed E-state index contributed by atoms with van der Waals surface area (Å²) in [7, 11) is 0. The van der Waals surface area contributed by atoms with Crippen LogP contribution in [0.5, 0.6) is 5.75 Å². The highest BCUT2D eigenvalue weighted by atomic mass is 16.5. The van der Waals surface area contributed by atoms with Crippen molar-refractivity contribution in [1.82, 2.24) is 0 Å². The predicted octanol–water partition coefficient (Wildman–Crippen LogP) is 6.35. The lowest BCUT2D eigenvalue weighted by Crippen LogP contribution is -2.16. The molecular weight excluding hydrogens is 334 g/mol. The van der Waals surface area contributed by atoms with Gasteiger partial charge in [0, 0.05) is 12.1 Å². The van der Waals surface area contributed by atoms with Crippen molar-refractivity contribution in [3.05, 3.63) is 58.7 Å². The number of amides is 1. The lowest BCUT2D eigenvalue weighted by Gasteiger charge is -2.20. The third kappa shape index (κ3) is 5.85. The van der Waals surface area contributed by atoms with E-state index in [1.54, 1.807) is 0 Å². The van der Waals surface area contributed by atoms with Crippen LogP contribution in [0.25, 0.3) is 0 Å². The molecular formula is C24H33NO2. The van der Waals surface area contributed by atoms with Gasteiger partial charge in [-0.15, -0.1) is 0 Å². The lowest BCUT2D eigenvalue weighted by atomic mass is 9.92. The number of ether oxygens (including phenoxy) is 1. The molecule has 27 heavy (non-hydrogen) atoms. The van der Waals surface area contributed by atoms with Crippen molar-refractivity contribution in [2.45, 2.75) is 66.2 Å². The molecule has 1 amide bonds. The smallest absolute Gasteiger partial charge is 0.224 e. The van der Waals surface area contributed by atoms with Crippen molar-refractivity contribution in [1.29, 1.82) is 0 Å². The van der Waals surface area contributed by atoms with Crippen LogP contribution >= 0.6 is 0 Å². The fraction of sp³-hybridized carbons (Fsp3) is 0.458. The monoisotopic (exact) mass is 367 g/mol. The van der Waals surface area contributed by atoms with E-state index >= 15 is 0 Å². The summed E-state index contributed by atoms with van der Waals surface area (Å²) in [6, 6.07) is 12.5. The molecule has 0 spiro atoms. The Labute approximate surface area is 164 Å². The van der Waals surface area contributed by atoms with Crippen molar-refractivity contribution >= 4 is 11.6 Å². The van der Waals surface area contributed by atoms with Crippen LogP contribution in [0.15, 0.2) is 36.4 Å². The Morgan fingerprint density at radius 3 is 2.22 bits per heavy atom. The summed E-state index contributed by atoms with van der Waals surface area (Å²) < 4.78 is 5.86. The predicted molar refractivity (Wildman–Crippen MR) is 114 cm³/mol. The zero-order valence-corrected chi connectivity index (χ0v) is 17.6. The van der Waals surface area contributed by atoms with Gasteiger partial charge in [0.25, 0.3) is 0 Å². The quantitative estimate of drug-likeness (QED) is 0.552. The molecule has 0 fully saturated rings. The second-order valence-corrected chi connectivity index (χ2v) is 7.89. The average molecular weight is 368 g/mol. The summed E-state index contributed by atoms with van der Waals surface area (Å²) in [4.78, 5) is 12.5. The molecule has 0 radical (unpaired) electrons. The Kier molecular flexibility index (Phi) is 7.46. The van der Waals surface area contributed by atoms with Crippen LogP contribution in [-0.2, 0) is 4.79 Å². The number of aryl methyl sites for hydroxylation is 2. The molecule has 146 valence electrons. The summed E-state index contributed by atoms with van der Waals surface area (Å²) in [5.41, 5.74) is 5.68. The van der Waals surface area contributed by atoms with E-state index in [1.165, 1.54) is 16.7 Å². The Hall–Kier alpha value is -2.29. The van der Waals surface area contributed by atoms with Gasteiger partial charge in [-0.1, -0.05) is 58.0 Å². The van der Waals surface area contributed by atoms with Crippen molar-refractivity contribution in [2.24, 2.45) is 0 Å². The minimum absolute atomic E-state index is 0.0505. The molecule has 0 bridgehead atoms. The second kappa shape index (κ2) is 9.59. The molecule has 0 aliphatic carbocycles. The Morgan fingerprint density at radius 1 is 1.00 bits per heavy atom. The van der Waals surface area contributed by atoms with Crippen molar-refractivity contribution in [2.75, 3.05) is 11.9 Å². The van der Waals surface area contributed by atoms with E-state index in [0.717, 1.165) is 17.0 Å². The third-order valence-electron chi connectivity index (χ3n) is 4.79. The largest absolute Gasteiger partial charge is 0.493 e. The van der Waals surface area contributed by atoms with Gasteiger partial charge in [0.05, 0.1) is 6.61 Å².